The lowest BCUT2D eigenvalue weighted by molar-refractivity contribution is 0.566. The van der Waals surface area contributed by atoms with Crippen LogP contribution in [-0.4, -0.2) is 15.5 Å². The van der Waals surface area contributed by atoms with Crippen molar-refractivity contribution in [1.82, 2.24) is 0 Å². The summed E-state index contributed by atoms with van der Waals surface area (Å²) >= 11 is 0. The molecule has 0 radical (unpaired) electrons. The molecule has 0 aliphatic rings. The predicted molar refractivity (Wildman–Crippen MR) is 77.6 cm³/mol. The Kier molecular flexibility index (Phi) is 3.67. The van der Waals surface area contributed by atoms with E-state index in [0.717, 1.165) is 15.9 Å². The first-order valence-corrected chi connectivity index (χ1v) is 7.37. The first-order chi connectivity index (χ1) is 9.34. The van der Waals surface area contributed by atoms with E-state index in [4.69, 9.17) is 5.73 Å². The van der Waals surface area contributed by atoms with Crippen molar-refractivity contribution in [2.75, 3.05) is 17.1 Å². The van der Waals surface area contributed by atoms with Gasteiger partial charge in [0.2, 0.25) is 0 Å². The highest BCUT2D eigenvalue weighted by Gasteiger charge is 2.25. The highest BCUT2D eigenvalue weighted by molar-refractivity contribution is 7.92. The third-order valence-corrected chi connectivity index (χ3v) is 4.85. The molecule has 0 spiro atoms. The van der Waals surface area contributed by atoms with Gasteiger partial charge >= 0.3 is 0 Å². The Bertz CT molecular complexity index is 745. The molecule has 0 unspecified atom stereocenters. The summed E-state index contributed by atoms with van der Waals surface area (Å²) in [5, 5.41) is 0. The van der Waals surface area contributed by atoms with E-state index in [1.54, 1.807) is 25.1 Å². The molecule has 2 rings (SSSR count). The zero-order chi connectivity index (χ0) is 14.9. The monoisotopic (exact) mass is 294 g/mol. The molecule has 0 saturated heterocycles. The van der Waals surface area contributed by atoms with Crippen LogP contribution in [0.5, 0.6) is 0 Å². The standard InChI is InChI=1S/C14H15FN2O2S/c1-10-5-3-4-6-13(10)17(2)20(18,19)14-8-7-11(16)9-12(14)15/h3-9H,16H2,1-2H3. The van der Waals surface area contributed by atoms with Crippen LogP contribution < -0.4 is 10.0 Å². The Balaban J connectivity index is 2.53. The highest BCUT2D eigenvalue weighted by atomic mass is 32.2. The van der Waals surface area contributed by atoms with Crippen molar-refractivity contribution in [3.05, 3.63) is 53.8 Å². The molecule has 0 amide bonds. The van der Waals surface area contributed by atoms with Gasteiger partial charge in [0.05, 0.1) is 5.69 Å². The van der Waals surface area contributed by atoms with Crippen molar-refractivity contribution >= 4 is 21.4 Å². The minimum atomic E-state index is -3.96. The van der Waals surface area contributed by atoms with Crippen molar-refractivity contribution in [1.29, 1.82) is 0 Å². The maximum atomic E-state index is 13.8. The third-order valence-electron chi connectivity index (χ3n) is 3.05. The topological polar surface area (TPSA) is 63.4 Å². The lowest BCUT2D eigenvalue weighted by atomic mass is 10.2. The molecule has 2 N–H and O–H groups in total. The third kappa shape index (κ3) is 2.46. The summed E-state index contributed by atoms with van der Waals surface area (Å²) < 4.78 is 39.8. The van der Waals surface area contributed by atoms with Crippen LogP contribution in [-0.2, 0) is 10.0 Å². The minimum Gasteiger partial charge on any atom is -0.399 e. The Morgan fingerprint density at radius 3 is 2.40 bits per heavy atom. The van der Waals surface area contributed by atoms with Gasteiger partial charge in [-0.2, -0.15) is 0 Å². The molecule has 0 saturated carbocycles. The number of hydrogen-bond donors (Lipinski definition) is 1. The molecule has 0 bridgehead atoms. The molecular weight excluding hydrogens is 279 g/mol. The van der Waals surface area contributed by atoms with Gasteiger partial charge in [-0.3, -0.25) is 4.31 Å². The number of benzene rings is 2. The maximum absolute atomic E-state index is 13.8. The second-order valence-electron chi connectivity index (χ2n) is 4.45. The largest absolute Gasteiger partial charge is 0.399 e. The molecule has 0 aliphatic heterocycles. The molecule has 2 aromatic rings. The van der Waals surface area contributed by atoms with Crippen molar-refractivity contribution in [2.45, 2.75) is 11.8 Å². The number of nitrogens with zero attached hydrogens (tertiary/aromatic N) is 1. The summed E-state index contributed by atoms with van der Waals surface area (Å²) in [4.78, 5) is -0.391. The van der Waals surface area contributed by atoms with Gasteiger partial charge in [-0.15, -0.1) is 0 Å². The zero-order valence-electron chi connectivity index (χ0n) is 11.2. The first kappa shape index (κ1) is 14.3. The minimum absolute atomic E-state index is 0.181. The fourth-order valence-corrected chi connectivity index (χ4v) is 3.22. The normalized spacial score (nSPS) is 11.3. The van der Waals surface area contributed by atoms with Gasteiger partial charge in [-0.25, -0.2) is 12.8 Å². The van der Waals surface area contributed by atoms with E-state index >= 15 is 0 Å². The van der Waals surface area contributed by atoms with Gasteiger partial charge in [0.1, 0.15) is 10.7 Å². The van der Waals surface area contributed by atoms with E-state index in [1.807, 2.05) is 6.07 Å². The molecule has 0 fully saturated rings. The van der Waals surface area contributed by atoms with Crippen LogP contribution in [0.25, 0.3) is 0 Å². The van der Waals surface area contributed by atoms with Crippen LogP contribution in [0.4, 0.5) is 15.8 Å². The molecular formula is C14H15FN2O2S. The van der Waals surface area contributed by atoms with Gasteiger partial charge in [-0.1, -0.05) is 18.2 Å². The van der Waals surface area contributed by atoms with Crippen LogP contribution in [0.1, 0.15) is 5.56 Å². The maximum Gasteiger partial charge on any atom is 0.266 e. The molecule has 6 heteroatoms. The zero-order valence-corrected chi connectivity index (χ0v) is 12.0. The lowest BCUT2D eigenvalue weighted by Crippen LogP contribution is -2.28. The Morgan fingerprint density at radius 2 is 1.80 bits per heavy atom. The van der Waals surface area contributed by atoms with E-state index < -0.39 is 20.7 Å². The second-order valence-corrected chi connectivity index (χ2v) is 6.39. The van der Waals surface area contributed by atoms with Crippen molar-refractivity contribution in [3.63, 3.8) is 0 Å². The summed E-state index contributed by atoms with van der Waals surface area (Å²) in [5.41, 5.74) is 6.90. The molecule has 0 aliphatic carbocycles. The summed E-state index contributed by atoms with van der Waals surface area (Å²) in [6, 6.07) is 10.5. The SMILES string of the molecule is Cc1ccccc1N(C)S(=O)(=O)c1ccc(N)cc1F. The number of anilines is 2. The van der Waals surface area contributed by atoms with Crippen LogP contribution in [0, 0.1) is 12.7 Å². The number of sulfonamides is 1. The molecule has 106 valence electrons. The van der Waals surface area contributed by atoms with Gasteiger partial charge < -0.3 is 5.73 Å². The van der Waals surface area contributed by atoms with Crippen molar-refractivity contribution < 1.29 is 12.8 Å². The number of nitrogens with two attached hydrogens (primary N) is 1. The molecule has 20 heavy (non-hydrogen) atoms. The van der Waals surface area contributed by atoms with Crippen LogP contribution >= 0.6 is 0 Å². The van der Waals surface area contributed by atoms with Gasteiger partial charge in [0.15, 0.2) is 0 Å². The van der Waals surface area contributed by atoms with E-state index in [2.05, 4.69) is 0 Å². The Hall–Kier alpha value is -2.08. The molecule has 2 aromatic carbocycles. The van der Waals surface area contributed by atoms with E-state index in [-0.39, 0.29) is 5.69 Å². The summed E-state index contributed by atoms with van der Waals surface area (Å²) in [5.74, 6) is -0.856. The van der Waals surface area contributed by atoms with E-state index in [1.165, 1.54) is 19.2 Å². The number of halogens is 1. The van der Waals surface area contributed by atoms with Gasteiger partial charge in [0.25, 0.3) is 10.0 Å². The van der Waals surface area contributed by atoms with Crippen molar-refractivity contribution in [3.8, 4) is 0 Å². The summed E-state index contributed by atoms with van der Waals surface area (Å²) in [6.45, 7) is 1.79. The Labute approximate surface area is 117 Å². The second kappa shape index (κ2) is 5.13. The summed E-state index contributed by atoms with van der Waals surface area (Å²) in [6.07, 6.45) is 0. The molecule has 0 heterocycles. The lowest BCUT2D eigenvalue weighted by Gasteiger charge is -2.21. The van der Waals surface area contributed by atoms with Crippen LogP contribution in [0.3, 0.4) is 0 Å². The number of hydrogen-bond acceptors (Lipinski definition) is 3. The smallest absolute Gasteiger partial charge is 0.266 e. The van der Waals surface area contributed by atoms with E-state index in [9.17, 15) is 12.8 Å². The number of aryl methyl sites for hydroxylation is 1. The fourth-order valence-electron chi connectivity index (χ4n) is 1.92. The van der Waals surface area contributed by atoms with Crippen LogP contribution in [0.15, 0.2) is 47.4 Å². The number of nitrogen functional groups attached to an aromatic ring is 1. The van der Waals surface area contributed by atoms with Gasteiger partial charge in [0, 0.05) is 12.7 Å². The highest BCUT2D eigenvalue weighted by Crippen LogP contribution is 2.27. The molecule has 0 atom stereocenters. The fraction of sp³-hybridized carbons (Fsp3) is 0.143. The van der Waals surface area contributed by atoms with Crippen LogP contribution in [0.2, 0.25) is 0 Å². The average molecular weight is 294 g/mol. The average Bonchev–Trinajstić information content (AvgIpc) is 2.38. The number of para-hydroxylation sites is 1. The molecule has 0 aromatic heterocycles. The quantitative estimate of drug-likeness (QED) is 0.885. The molecule has 4 nitrogen and oxygen atoms in total. The first-order valence-electron chi connectivity index (χ1n) is 5.93. The van der Waals surface area contributed by atoms with Crippen molar-refractivity contribution in [2.24, 2.45) is 0 Å². The Morgan fingerprint density at radius 1 is 1.15 bits per heavy atom. The van der Waals surface area contributed by atoms with Gasteiger partial charge in [-0.05, 0) is 36.8 Å². The van der Waals surface area contributed by atoms with E-state index in [0.29, 0.717) is 5.69 Å². The summed E-state index contributed by atoms with van der Waals surface area (Å²) in [7, 11) is -2.56. The number of rotatable bonds is 3. The predicted octanol–water partition coefficient (Wildman–Crippen LogP) is 2.54.